The smallest absolute Gasteiger partial charge is 0.318 e. The van der Waals surface area contributed by atoms with Gasteiger partial charge in [-0.15, -0.1) is 0 Å². The van der Waals surface area contributed by atoms with Crippen LogP contribution in [0.4, 0.5) is 5.69 Å². The number of hydrogen-bond acceptors (Lipinski definition) is 4. The Kier molecular flexibility index (Phi) is 4.36. The fourth-order valence-electron chi connectivity index (χ4n) is 2.55. The Hall–Kier alpha value is -2.66. The van der Waals surface area contributed by atoms with Gasteiger partial charge >= 0.3 is 5.97 Å². The van der Waals surface area contributed by atoms with Crippen molar-refractivity contribution in [1.29, 1.82) is 0 Å². The average Bonchev–Trinajstić information content (AvgIpc) is 2.79. The number of carbonyl (C=O) groups excluding carboxylic acids is 2. The summed E-state index contributed by atoms with van der Waals surface area (Å²) in [5.74, 6) is -0.868. The third kappa shape index (κ3) is 3.16. The molecular formula is C18H15ClN2O3. The lowest BCUT2D eigenvalue weighted by atomic mass is 10.1. The normalized spacial score (nSPS) is 14.9. The number of hydrogen-bond donors (Lipinski definition) is 0. The molecular weight excluding hydrogens is 328 g/mol. The molecule has 0 radical (unpaired) electrons. The van der Waals surface area contributed by atoms with E-state index in [0.29, 0.717) is 17.1 Å². The summed E-state index contributed by atoms with van der Waals surface area (Å²) >= 11 is 5.90. The van der Waals surface area contributed by atoms with Crippen molar-refractivity contribution >= 4 is 34.9 Å². The molecule has 0 saturated heterocycles. The largest absolute Gasteiger partial charge is 0.332 e. The second-order valence-corrected chi connectivity index (χ2v) is 6.00. The number of nitrogens with zero attached hydrogens (tertiary/aromatic N) is 2. The summed E-state index contributed by atoms with van der Waals surface area (Å²) in [5, 5.41) is 4.39. The first-order valence-corrected chi connectivity index (χ1v) is 7.76. The Morgan fingerprint density at radius 3 is 2.58 bits per heavy atom. The molecule has 0 bridgehead atoms. The molecule has 2 aromatic carbocycles. The lowest BCUT2D eigenvalue weighted by molar-refractivity contribution is -0.140. The van der Waals surface area contributed by atoms with Gasteiger partial charge in [-0.25, -0.2) is 4.79 Å². The molecule has 0 atom stereocenters. The Morgan fingerprint density at radius 1 is 1.21 bits per heavy atom. The minimum Gasteiger partial charge on any atom is -0.318 e. The van der Waals surface area contributed by atoms with Crippen LogP contribution in [0.25, 0.3) is 0 Å². The number of amides is 1. The highest BCUT2D eigenvalue weighted by molar-refractivity contribution is 6.54. The topological polar surface area (TPSA) is 59.0 Å². The minimum atomic E-state index is -0.569. The molecule has 5 nitrogen and oxygen atoms in total. The van der Waals surface area contributed by atoms with Crippen molar-refractivity contribution in [2.45, 2.75) is 20.4 Å². The summed E-state index contributed by atoms with van der Waals surface area (Å²) in [7, 11) is 0. The van der Waals surface area contributed by atoms with Crippen LogP contribution in [0, 0.1) is 6.92 Å². The van der Waals surface area contributed by atoms with Crippen LogP contribution in [-0.4, -0.2) is 17.6 Å². The number of aryl methyl sites for hydroxylation is 1. The lowest BCUT2D eigenvalue weighted by Crippen LogP contribution is -2.29. The van der Waals surface area contributed by atoms with Crippen molar-refractivity contribution in [1.82, 2.24) is 0 Å². The monoisotopic (exact) mass is 342 g/mol. The predicted octanol–water partition coefficient (Wildman–Crippen LogP) is 3.46. The summed E-state index contributed by atoms with van der Waals surface area (Å²) in [6, 6.07) is 12.9. The molecule has 2 aromatic rings. The SMILES string of the molecule is CC(=O)O/N=C1\C(=O)N(Cc2ccc(Cl)cc2)c2ccc(C)cc21. The van der Waals surface area contributed by atoms with E-state index in [0.717, 1.165) is 16.8 Å². The molecule has 1 aliphatic rings. The number of anilines is 1. The first-order chi connectivity index (χ1) is 11.5. The predicted molar refractivity (Wildman–Crippen MR) is 92.1 cm³/mol. The molecule has 6 heteroatoms. The highest BCUT2D eigenvalue weighted by Crippen LogP contribution is 2.32. The van der Waals surface area contributed by atoms with Crippen LogP contribution in [0.1, 0.15) is 23.6 Å². The number of benzene rings is 2. The van der Waals surface area contributed by atoms with Crippen molar-refractivity contribution < 1.29 is 14.4 Å². The minimum absolute atomic E-state index is 0.137. The van der Waals surface area contributed by atoms with E-state index in [1.807, 2.05) is 37.3 Å². The van der Waals surface area contributed by atoms with Gasteiger partial charge in [0.1, 0.15) is 0 Å². The van der Waals surface area contributed by atoms with Gasteiger partial charge in [-0.3, -0.25) is 4.79 Å². The summed E-state index contributed by atoms with van der Waals surface area (Å²) in [5.41, 5.74) is 3.47. The zero-order chi connectivity index (χ0) is 17.3. The van der Waals surface area contributed by atoms with Crippen LogP contribution in [0.5, 0.6) is 0 Å². The summed E-state index contributed by atoms with van der Waals surface area (Å²) in [6.07, 6.45) is 0. The van der Waals surface area contributed by atoms with Crippen molar-refractivity contribution in [2.75, 3.05) is 4.90 Å². The Labute approximate surface area is 144 Å². The maximum absolute atomic E-state index is 12.7. The van der Waals surface area contributed by atoms with E-state index in [1.165, 1.54) is 6.92 Å². The highest BCUT2D eigenvalue weighted by Gasteiger charge is 2.34. The Balaban J connectivity index is 1.99. The molecule has 0 N–H and O–H groups in total. The Morgan fingerprint density at radius 2 is 1.92 bits per heavy atom. The van der Waals surface area contributed by atoms with Crippen LogP contribution in [0.3, 0.4) is 0 Å². The molecule has 0 aliphatic carbocycles. The molecule has 0 unspecified atom stereocenters. The summed E-state index contributed by atoms with van der Waals surface area (Å²) in [4.78, 5) is 30.1. The maximum Gasteiger partial charge on any atom is 0.332 e. The van der Waals surface area contributed by atoms with Gasteiger partial charge in [0.05, 0.1) is 12.2 Å². The second-order valence-electron chi connectivity index (χ2n) is 5.56. The zero-order valence-corrected chi connectivity index (χ0v) is 14.0. The third-order valence-electron chi connectivity index (χ3n) is 3.67. The zero-order valence-electron chi connectivity index (χ0n) is 13.2. The van der Waals surface area contributed by atoms with Gasteiger partial charge in [0.2, 0.25) is 0 Å². The molecule has 1 amide bonds. The number of rotatable bonds is 3. The molecule has 0 fully saturated rings. The number of fused-ring (bicyclic) bond motifs is 1. The van der Waals surface area contributed by atoms with Crippen molar-refractivity contribution in [2.24, 2.45) is 5.16 Å². The van der Waals surface area contributed by atoms with E-state index in [1.54, 1.807) is 17.0 Å². The van der Waals surface area contributed by atoms with Crippen LogP contribution >= 0.6 is 11.6 Å². The molecule has 1 heterocycles. The Bertz CT molecular complexity index is 844. The van der Waals surface area contributed by atoms with Gasteiger partial charge in [-0.1, -0.05) is 40.5 Å². The molecule has 122 valence electrons. The van der Waals surface area contributed by atoms with Crippen molar-refractivity contribution in [3.63, 3.8) is 0 Å². The van der Waals surface area contributed by atoms with Crippen molar-refractivity contribution in [3.8, 4) is 0 Å². The molecule has 1 aliphatic heterocycles. The van der Waals surface area contributed by atoms with Gasteiger partial charge in [0, 0.05) is 17.5 Å². The van der Waals surface area contributed by atoms with E-state index >= 15 is 0 Å². The van der Waals surface area contributed by atoms with Gasteiger partial charge in [0.25, 0.3) is 5.91 Å². The van der Waals surface area contributed by atoms with E-state index in [-0.39, 0.29) is 11.6 Å². The molecule has 0 saturated carbocycles. The average molecular weight is 343 g/mol. The maximum atomic E-state index is 12.7. The first kappa shape index (κ1) is 16.2. The van der Waals surface area contributed by atoms with Crippen LogP contribution < -0.4 is 4.90 Å². The van der Waals surface area contributed by atoms with Gasteiger partial charge in [0.15, 0.2) is 5.71 Å². The van der Waals surface area contributed by atoms with E-state index < -0.39 is 5.97 Å². The van der Waals surface area contributed by atoms with E-state index in [2.05, 4.69) is 5.16 Å². The molecule has 0 aromatic heterocycles. The van der Waals surface area contributed by atoms with Crippen LogP contribution in [0.15, 0.2) is 47.6 Å². The highest BCUT2D eigenvalue weighted by atomic mass is 35.5. The fraction of sp³-hybridized carbons (Fsp3) is 0.167. The molecule has 24 heavy (non-hydrogen) atoms. The van der Waals surface area contributed by atoms with Gasteiger partial charge in [-0.2, -0.15) is 0 Å². The lowest BCUT2D eigenvalue weighted by Gasteiger charge is -2.17. The quantitative estimate of drug-likeness (QED) is 0.634. The molecule has 0 spiro atoms. The summed E-state index contributed by atoms with van der Waals surface area (Å²) < 4.78 is 0. The van der Waals surface area contributed by atoms with Crippen LogP contribution in [-0.2, 0) is 21.0 Å². The van der Waals surface area contributed by atoms with Crippen LogP contribution in [0.2, 0.25) is 5.02 Å². The van der Waals surface area contributed by atoms with E-state index in [4.69, 9.17) is 16.4 Å². The number of halogens is 1. The second kappa shape index (κ2) is 6.45. The third-order valence-corrected chi connectivity index (χ3v) is 3.92. The van der Waals surface area contributed by atoms with E-state index in [9.17, 15) is 9.59 Å². The fourth-order valence-corrected chi connectivity index (χ4v) is 2.68. The van der Waals surface area contributed by atoms with Gasteiger partial charge in [-0.05, 0) is 36.8 Å². The summed E-state index contributed by atoms with van der Waals surface area (Å²) in [6.45, 7) is 3.55. The standard InChI is InChI=1S/C18H15ClN2O3/c1-11-3-8-16-15(9-11)17(20-24-12(2)22)18(23)21(16)10-13-4-6-14(19)7-5-13/h3-9H,10H2,1-2H3/b20-17-. The van der Waals surface area contributed by atoms with Crippen molar-refractivity contribution in [3.05, 3.63) is 64.2 Å². The number of carbonyl (C=O) groups is 2. The number of oxime groups is 1. The first-order valence-electron chi connectivity index (χ1n) is 7.38. The molecule has 3 rings (SSSR count). The van der Waals surface area contributed by atoms with Gasteiger partial charge < -0.3 is 9.74 Å².